The summed E-state index contributed by atoms with van der Waals surface area (Å²) in [6.45, 7) is 2.45. The first-order chi connectivity index (χ1) is 7.17. The number of aromatic amines is 2. The molecule has 0 saturated heterocycles. The number of H-pyrrole nitrogens is 2. The molecule has 7 nitrogen and oxygen atoms in total. The summed E-state index contributed by atoms with van der Waals surface area (Å²) in [5, 5.41) is 0. The van der Waals surface area contributed by atoms with Crippen LogP contribution in [0.15, 0.2) is 9.59 Å². The van der Waals surface area contributed by atoms with Crippen LogP contribution in [0, 0.1) is 0 Å². The Labute approximate surface area is 83.9 Å². The van der Waals surface area contributed by atoms with Gasteiger partial charge in [-0.3, -0.25) is 14.3 Å². The number of fused-ring (bicyclic) bond motifs is 1. The SMILES string of the molecule is CCn1c(=O)[nH]c(=O)c2[nH]c(CN)nc21. The molecule has 4 N–H and O–H groups in total. The first kappa shape index (κ1) is 9.66. The predicted molar refractivity (Wildman–Crippen MR) is 54.5 cm³/mol. The predicted octanol–water partition coefficient (Wildman–Crippen LogP) is -1.11. The van der Waals surface area contributed by atoms with E-state index in [0.717, 1.165) is 0 Å². The van der Waals surface area contributed by atoms with Crippen LogP contribution in [0.5, 0.6) is 0 Å². The highest BCUT2D eigenvalue weighted by Gasteiger charge is 2.10. The fourth-order valence-electron chi connectivity index (χ4n) is 1.48. The number of nitrogens with zero attached hydrogens (tertiary/aromatic N) is 2. The van der Waals surface area contributed by atoms with Gasteiger partial charge in [0.05, 0.1) is 6.54 Å². The van der Waals surface area contributed by atoms with E-state index in [1.54, 1.807) is 6.92 Å². The number of hydrogen-bond acceptors (Lipinski definition) is 4. The Balaban J connectivity index is 2.94. The minimum Gasteiger partial charge on any atom is -0.335 e. The Morgan fingerprint density at radius 3 is 2.73 bits per heavy atom. The van der Waals surface area contributed by atoms with Crippen LogP contribution >= 0.6 is 0 Å². The van der Waals surface area contributed by atoms with Crippen LogP contribution in [0.1, 0.15) is 12.7 Å². The van der Waals surface area contributed by atoms with E-state index in [4.69, 9.17) is 5.73 Å². The molecular formula is C8H11N5O2. The number of nitrogens with one attached hydrogen (secondary N) is 2. The zero-order chi connectivity index (χ0) is 11.0. The smallest absolute Gasteiger partial charge is 0.330 e. The Bertz CT molecular complexity index is 606. The molecule has 0 unspecified atom stereocenters. The largest absolute Gasteiger partial charge is 0.335 e. The first-order valence-corrected chi connectivity index (χ1v) is 4.59. The van der Waals surface area contributed by atoms with Crippen molar-refractivity contribution < 1.29 is 0 Å². The third kappa shape index (κ3) is 1.37. The van der Waals surface area contributed by atoms with Crippen molar-refractivity contribution in [2.75, 3.05) is 0 Å². The molecule has 0 aliphatic rings. The van der Waals surface area contributed by atoms with Crippen molar-refractivity contribution in [2.24, 2.45) is 5.73 Å². The molecule has 0 aromatic carbocycles. The summed E-state index contributed by atoms with van der Waals surface area (Å²) in [6.07, 6.45) is 0. The minimum atomic E-state index is -0.466. The van der Waals surface area contributed by atoms with Gasteiger partial charge in [0.2, 0.25) is 0 Å². The topological polar surface area (TPSA) is 110 Å². The van der Waals surface area contributed by atoms with Crippen molar-refractivity contribution in [3.05, 3.63) is 26.7 Å². The second-order valence-electron chi connectivity index (χ2n) is 3.09. The molecule has 80 valence electrons. The van der Waals surface area contributed by atoms with E-state index < -0.39 is 11.2 Å². The lowest BCUT2D eigenvalue weighted by Crippen LogP contribution is -2.29. The highest BCUT2D eigenvalue weighted by molar-refractivity contribution is 5.69. The van der Waals surface area contributed by atoms with Gasteiger partial charge in [-0.25, -0.2) is 9.78 Å². The Hall–Kier alpha value is -1.89. The molecule has 0 aliphatic heterocycles. The van der Waals surface area contributed by atoms with Gasteiger partial charge in [-0.2, -0.15) is 0 Å². The molecule has 0 aliphatic carbocycles. The van der Waals surface area contributed by atoms with Gasteiger partial charge in [0, 0.05) is 6.54 Å². The number of nitrogens with two attached hydrogens (primary N) is 1. The molecular weight excluding hydrogens is 198 g/mol. The lowest BCUT2D eigenvalue weighted by atomic mass is 10.5. The first-order valence-electron chi connectivity index (χ1n) is 4.59. The van der Waals surface area contributed by atoms with E-state index in [9.17, 15) is 9.59 Å². The lowest BCUT2D eigenvalue weighted by molar-refractivity contribution is 0.718. The molecule has 0 fully saturated rings. The number of imidazole rings is 1. The van der Waals surface area contributed by atoms with Crippen molar-refractivity contribution in [1.82, 2.24) is 19.5 Å². The molecule has 0 saturated carbocycles. The van der Waals surface area contributed by atoms with Crippen LogP contribution in [-0.2, 0) is 13.1 Å². The zero-order valence-corrected chi connectivity index (χ0v) is 8.20. The van der Waals surface area contributed by atoms with E-state index >= 15 is 0 Å². The Morgan fingerprint density at radius 2 is 2.13 bits per heavy atom. The quantitative estimate of drug-likeness (QED) is 0.582. The van der Waals surface area contributed by atoms with Crippen LogP contribution in [0.25, 0.3) is 11.2 Å². The normalized spacial score (nSPS) is 11.1. The second-order valence-corrected chi connectivity index (χ2v) is 3.09. The summed E-state index contributed by atoms with van der Waals surface area (Å²) < 4.78 is 1.38. The molecule has 0 atom stereocenters. The summed E-state index contributed by atoms with van der Waals surface area (Å²) >= 11 is 0. The third-order valence-corrected chi connectivity index (χ3v) is 2.19. The van der Waals surface area contributed by atoms with E-state index in [0.29, 0.717) is 18.0 Å². The number of rotatable bonds is 2. The number of hydrogen-bond donors (Lipinski definition) is 3. The fraction of sp³-hybridized carbons (Fsp3) is 0.375. The maximum absolute atomic E-state index is 11.4. The van der Waals surface area contributed by atoms with Gasteiger partial charge in [0.25, 0.3) is 5.56 Å². The summed E-state index contributed by atoms with van der Waals surface area (Å²) in [7, 11) is 0. The molecule has 2 aromatic heterocycles. The molecule has 0 bridgehead atoms. The monoisotopic (exact) mass is 209 g/mol. The van der Waals surface area contributed by atoms with Crippen LogP contribution < -0.4 is 17.0 Å². The summed E-state index contributed by atoms with van der Waals surface area (Å²) in [4.78, 5) is 31.9. The molecule has 2 heterocycles. The lowest BCUT2D eigenvalue weighted by Gasteiger charge is -1.99. The van der Waals surface area contributed by atoms with Crippen LogP contribution in [-0.4, -0.2) is 19.5 Å². The molecule has 2 rings (SSSR count). The molecule has 2 aromatic rings. The van der Waals surface area contributed by atoms with Gasteiger partial charge in [0.1, 0.15) is 11.3 Å². The number of aromatic nitrogens is 4. The van der Waals surface area contributed by atoms with Crippen molar-refractivity contribution in [3.8, 4) is 0 Å². The summed E-state index contributed by atoms with van der Waals surface area (Å²) in [6, 6.07) is 0. The van der Waals surface area contributed by atoms with Gasteiger partial charge in [0.15, 0.2) is 5.65 Å². The van der Waals surface area contributed by atoms with Crippen molar-refractivity contribution in [1.29, 1.82) is 0 Å². The van der Waals surface area contributed by atoms with Crippen LogP contribution in [0.4, 0.5) is 0 Å². The van der Waals surface area contributed by atoms with Crippen molar-refractivity contribution >= 4 is 11.2 Å². The zero-order valence-electron chi connectivity index (χ0n) is 8.20. The summed E-state index contributed by atoms with van der Waals surface area (Å²) in [5.74, 6) is 0.489. The maximum atomic E-state index is 11.4. The molecule has 0 spiro atoms. The van der Waals surface area contributed by atoms with Gasteiger partial charge in [-0.1, -0.05) is 0 Å². The highest BCUT2D eigenvalue weighted by atomic mass is 16.2. The van der Waals surface area contributed by atoms with Gasteiger partial charge < -0.3 is 10.7 Å². The van der Waals surface area contributed by atoms with Gasteiger partial charge in [-0.15, -0.1) is 0 Å². The summed E-state index contributed by atoms with van der Waals surface area (Å²) in [5.41, 5.74) is 5.12. The average Bonchev–Trinajstić information content (AvgIpc) is 2.62. The van der Waals surface area contributed by atoms with E-state index in [1.807, 2.05) is 0 Å². The maximum Gasteiger partial charge on any atom is 0.330 e. The van der Waals surface area contributed by atoms with Crippen LogP contribution in [0.3, 0.4) is 0 Å². The van der Waals surface area contributed by atoms with E-state index in [1.165, 1.54) is 4.57 Å². The average molecular weight is 209 g/mol. The standard InChI is InChI=1S/C8H11N5O2/c1-2-13-6-5(7(14)12-8(13)15)10-4(3-9)11-6/h2-3,9H2,1H3,(H,10,11)(H,12,14,15). The second kappa shape index (κ2) is 3.35. The Morgan fingerprint density at radius 1 is 1.40 bits per heavy atom. The third-order valence-electron chi connectivity index (χ3n) is 2.19. The van der Waals surface area contributed by atoms with Gasteiger partial charge in [-0.05, 0) is 6.92 Å². The van der Waals surface area contributed by atoms with E-state index in [-0.39, 0.29) is 12.1 Å². The molecule has 15 heavy (non-hydrogen) atoms. The van der Waals surface area contributed by atoms with Crippen molar-refractivity contribution in [2.45, 2.75) is 20.0 Å². The van der Waals surface area contributed by atoms with Gasteiger partial charge >= 0.3 is 5.69 Å². The minimum absolute atomic E-state index is 0.200. The van der Waals surface area contributed by atoms with Crippen molar-refractivity contribution in [3.63, 3.8) is 0 Å². The number of aryl methyl sites for hydroxylation is 1. The highest BCUT2D eigenvalue weighted by Crippen LogP contribution is 2.03. The van der Waals surface area contributed by atoms with E-state index in [2.05, 4.69) is 15.0 Å². The molecule has 0 amide bonds. The molecule has 7 heteroatoms. The Kier molecular flexibility index (Phi) is 2.16. The fourth-order valence-corrected chi connectivity index (χ4v) is 1.48. The van der Waals surface area contributed by atoms with Crippen LogP contribution in [0.2, 0.25) is 0 Å². The molecule has 0 radical (unpaired) electrons.